The van der Waals surface area contributed by atoms with Crippen molar-refractivity contribution in [3.05, 3.63) is 57.6 Å². The Labute approximate surface area is 163 Å². The van der Waals surface area contributed by atoms with E-state index < -0.39 is 17.8 Å². The molecule has 1 heterocycles. The lowest BCUT2D eigenvalue weighted by atomic mass is 10.1. The van der Waals surface area contributed by atoms with Crippen LogP contribution in [0.15, 0.2) is 46.4 Å². The first kappa shape index (κ1) is 18.7. The number of hydrogen-bond donors (Lipinski definition) is 2. The number of halogens is 1. The molecule has 2 N–H and O–H groups in total. The number of anilines is 1. The van der Waals surface area contributed by atoms with Crippen molar-refractivity contribution in [1.82, 2.24) is 5.32 Å². The van der Waals surface area contributed by atoms with Crippen LogP contribution in [0.5, 0.6) is 11.5 Å². The monoisotopic (exact) mass is 430 g/mol. The zero-order valence-electron chi connectivity index (χ0n) is 14.4. The second-order valence-corrected chi connectivity index (χ2v) is 6.69. The molecule has 0 bridgehead atoms. The normalized spacial score (nSPS) is 15.9. The van der Waals surface area contributed by atoms with Gasteiger partial charge in [-0.15, -0.1) is 0 Å². The second-order valence-electron chi connectivity index (χ2n) is 5.84. The van der Waals surface area contributed by atoms with E-state index in [0.717, 1.165) is 10.5 Å². The molecule has 0 aromatic heterocycles. The molecule has 27 heavy (non-hydrogen) atoms. The van der Waals surface area contributed by atoms with Crippen molar-refractivity contribution >= 4 is 45.5 Å². The molecule has 0 saturated carbocycles. The molecule has 2 aromatic rings. The number of benzene rings is 2. The lowest BCUT2D eigenvalue weighted by Gasteiger charge is -2.26. The molecule has 7 nitrogen and oxygen atoms in total. The Morgan fingerprint density at radius 2 is 1.81 bits per heavy atom. The van der Waals surface area contributed by atoms with Crippen LogP contribution in [0.25, 0.3) is 6.08 Å². The van der Waals surface area contributed by atoms with E-state index >= 15 is 0 Å². The fourth-order valence-electron chi connectivity index (χ4n) is 2.57. The van der Waals surface area contributed by atoms with Gasteiger partial charge in [0.1, 0.15) is 5.57 Å². The molecule has 1 aliphatic rings. The van der Waals surface area contributed by atoms with Crippen molar-refractivity contribution in [2.45, 2.75) is 6.92 Å². The Morgan fingerprint density at radius 3 is 2.44 bits per heavy atom. The first-order valence-corrected chi connectivity index (χ1v) is 8.65. The van der Waals surface area contributed by atoms with Gasteiger partial charge < -0.3 is 9.84 Å². The van der Waals surface area contributed by atoms with Gasteiger partial charge in [-0.1, -0.05) is 33.6 Å². The van der Waals surface area contributed by atoms with Crippen molar-refractivity contribution in [3.63, 3.8) is 0 Å². The van der Waals surface area contributed by atoms with Gasteiger partial charge in [-0.2, -0.15) is 0 Å². The summed E-state index contributed by atoms with van der Waals surface area (Å²) in [5.41, 5.74) is 1.53. The second kappa shape index (κ2) is 7.24. The smallest absolute Gasteiger partial charge is 0.335 e. The van der Waals surface area contributed by atoms with Crippen LogP contribution in [0.3, 0.4) is 0 Å². The zero-order valence-corrected chi connectivity index (χ0v) is 16.0. The predicted molar refractivity (Wildman–Crippen MR) is 103 cm³/mol. The molecule has 3 rings (SSSR count). The number of methoxy groups -OCH3 is 1. The first-order chi connectivity index (χ1) is 12.8. The average molecular weight is 431 g/mol. The number of aryl methyl sites for hydroxylation is 1. The molecule has 0 spiro atoms. The van der Waals surface area contributed by atoms with Gasteiger partial charge >= 0.3 is 6.03 Å². The maximum atomic E-state index is 12.8. The molecule has 138 valence electrons. The highest BCUT2D eigenvalue weighted by atomic mass is 79.9. The average Bonchev–Trinajstić information content (AvgIpc) is 2.61. The lowest BCUT2D eigenvalue weighted by molar-refractivity contribution is -0.122. The van der Waals surface area contributed by atoms with Crippen LogP contribution >= 0.6 is 15.9 Å². The number of phenolic OH excluding ortho intramolecular Hbond substituents is 1. The number of nitrogens with zero attached hydrogens (tertiary/aromatic N) is 1. The van der Waals surface area contributed by atoms with Crippen molar-refractivity contribution < 1.29 is 24.2 Å². The molecule has 0 radical (unpaired) electrons. The van der Waals surface area contributed by atoms with Gasteiger partial charge in [0.15, 0.2) is 11.5 Å². The number of aromatic hydroxyl groups is 1. The Hall–Kier alpha value is -3.13. The molecule has 4 amide bonds. The number of hydrogen-bond acceptors (Lipinski definition) is 5. The highest BCUT2D eigenvalue weighted by Crippen LogP contribution is 2.34. The third-order valence-corrected chi connectivity index (χ3v) is 4.68. The molecular formula is C19H15BrN2O5. The number of nitrogens with one attached hydrogen (secondary N) is 1. The minimum Gasteiger partial charge on any atom is -0.504 e. The first-order valence-electron chi connectivity index (χ1n) is 7.86. The van der Waals surface area contributed by atoms with Gasteiger partial charge in [-0.05, 0) is 42.8 Å². The minimum absolute atomic E-state index is 0.0950. The summed E-state index contributed by atoms with van der Waals surface area (Å²) in [6.45, 7) is 1.88. The number of amides is 4. The van der Waals surface area contributed by atoms with Crippen molar-refractivity contribution in [2.75, 3.05) is 12.0 Å². The summed E-state index contributed by atoms with van der Waals surface area (Å²) in [4.78, 5) is 38.2. The van der Waals surface area contributed by atoms with Crippen molar-refractivity contribution in [1.29, 1.82) is 0 Å². The fourth-order valence-corrected chi connectivity index (χ4v) is 3.02. The van der Waals surface area contributed by atoms with E-state index in [0.29, 0.717) is 15.7 Å². The summed E-state index contributed by atoms with van der Waals surface area (Å²) in [7, 11) is 1.39. The number of carbonyl (C=O) groups excluding carboxylic acids is 3. The van der Waals surface area contributed by atoms with E-state index in [4.69, 9.17) is 4.74 Å². The summed E-state index contributed by atoms with van der Waals surface area (Å²) in [5, 5.41) is 12.0. The summed E-state index contributed by atoms with van der Waals surface area (Å²) < 4.78 is 5.50. The van der Waals surface area contributed by atoms with Crippen molar-refractivity contribution in [3.8, 4) is 11.5 Å². The summed E-state index contributed by atoms with van der Waals surface area (Å²) in [6.07, 6.45) is 1.33. The van der Waals surface area contributed by atoms with Gasteiger partial charge in [-0.3, -0.25) is 14.9 Å². The zero-order chi connectivity index (χ0) is 19.7. The largest absolute Gasteiger partial charge is 0.504 e. The number of phenols is 1. The van der Waals surface area contributed by atoms with Gasteiger partial charge in [0.25, 0.3) is 11.8 Å². The van der Waals surface area contributed by atoms with Crippen molar-refractivity contribution in [2.24, 2.45) is 0 Å². The fraction of sp³-hybridized carbons (Fsp3) is 0.105. The Bertz CT molecular complexity index is 982. The molecule has 0 unspecified atom stereocenters. The number of barbiturate groups is 1. The summed E-state index contributed by atoms with van der Waals surface area (Å²) in [6, 6.07) is 8.82. The van der Waals surface area contributed by atoms with E-state index in [2.05, 4.69) is 21.2 Å². The number of imide groups is 2. The third-order valence-electron chi connectivity index (χ3n) is 3.99. The highest BCUT2D eigenvalue weighted by molar-refractivity contribution is 9.10. The highest BCUT2D eigenvalue weighted by Gasteiger charge is 2.36. The summed E-state index contributed by atoms with van der Waals surface area (Å²) in [5.74, 6) is -1.46. The van der Waals surface area contributed by atoms with Crippen LogP contribution in [0.4, 0.5) is 10.5 Å². The maximum Gasteiger partial charge on any atom is 0.335 e. The molecule has 0 aliphatic carbocycles. The van der Waals surface area contributed by atoms with E-state index in [9.17, 15) is 19.5 Å². The molecule has 2 aromatic carbocycles. The van der Waals surface area contributed by atoms with E-state index in [1.807, 2.05) is 6.92 Å². The quantitative estimate of drug-likeness (QED) is 0.575. The SMILES string of the molecule is COc1cc(/C=C2\C(=O)NC(=O)N(c3ccc(C)cc3)C2=O)c(Br)cc1O. The van der Waals surface area contributed by atoms with Crippen LogP contribution in [0, 0.1) is 6.92 Å². The number of carbonyl (C=O) groups is 3. The molecular weight excluding hydrogens is 416 g/mol. The Morgan fingerprint density at radius 1 is 1.15 bits per heavy atom. The van der Waals surface area contributed by atoms with E-state index in [1.165, 1.54) is 25.3 Å². The number of ether oxygens (including phenoxy) is 1. The van der Waals surface area contributed by atoms with Gasteiger partial charge in [0.05, 0.1) is 12.8 Å². The standard InChI is InChI=1S/C19H15BrN2O5/c1-10-3-5-12(6-4-10)22-18(25)13(17(24)21-19(22)26)7-11-8-16(27-2)15(23)9-14(11)20/h3-9,23H,1-2H3,(H,21,24,26)/b13-7+. The van der Waals surface area contributed by atoms with Crippen LogP contribution in [0.2, 0.25) is 0 Å². The molecule has 1 fully saturated rings. The molecule has 0 atom stereocenters. The maximum absolute atomic E-state index is 12.8. The van der Waals surface area contributed by atoms with Gasteiger partial charge in [0.2, 0.25) is 0 Å². The topological polar surface area (TPSA) is 95.9 Å². The third kappa shape index (κ3) is 3.56. The van der Waals surface area contributed by atoms with Gasteiger partial charge in [-0.25, -0.2) is 9.69 Å². The predicted octanol–water partition coefficient (Wildman–Crippen LogP) is 3.14. The molecule has 8 heteroatoms. The van der Waals surface area contributed by atoms with E-state index in [-0.39, 0.29) is 17.1 Å². The number of urea groups is 1. The van der Waals surface area contributed by atoms with Crippen LogP contribution in [0.1, 0.15) is 11.1 Å². The Balaban J connectivity index is 2.06. The Kier molecular flexibility index (Phi) is 5.00. The molecule has 1 aliphatic heterocycles. The summed E-state index contributed by atoms with van der Waals surface area (Å²) >= 11 is 3.27. The van der Waals surface area contributed by atoms with Crippen LogP contribution < -0.4 is 15.0 Å². The minimum atomic E-state index is -0.812. The van der Waals surface area contributed by atoms with Crippen LogP contribution in [-0.4, -0.2) is 30.1 Å². The van der Waals surface area contributed by atoms with E-state index in [1.54, 1.807) is 24.3 Å². The van der Waals surface area contributed by atoms with Crippen LogP contribution in [-0.2, 0) is 9.59 Å². The molecule has 1 saturated heterocycles. The number of rotatable bonds is 3. The van der Waals surface area contributed by atoms with Gasteiger partial charge in [0, 0.05) is 4.47 Å². The lowest BCUT2D eigenvalue weighted by Crippen LogP contribution is -2.54.